The summed E-state index contributed by atoms with van der Waals surface area (Å²) in [5, 5.41) is 13.6. The lowest BCUT2D eigenvalue weighted by Gasteiger charge is -2.11. The Morgan fingerprint density at radius 3 is 2.65 bits per heavy atom. The molecule has 7 heteroatoms. The van der Waals surface area contributed by atoms with E-state index in [1.165, 1.54) is 13.1 Å². The van der Waals surface area contributed by atoms with Crippen LogP contribution in [0.5, 0.6) is 0 Å². The number of rotatable bonds is 6. The number of carboxylic acid groups (broad SMARTS) is 1. The summed E-state index contributed by atoms with van der Waals surface area (Å²) in [7, 11) is 1.51. The number of anilines is 1. The van der Waals surface area contributed by atoms with Gasteiger partial charge in [0, 0.05) is 24.7 Å². The molecule has 0 aliphatic rings. The SMILES string of the molecule is CNC(=O)c1cccc(NC(=O)C(N)CCC(=O)O)c1. The molecular weight excluding hydrogens is 262 g/mol. The second-order valence-electron chi connectivity index (χ2n) is 4.19. The van der Waals surface area contributed by atoms with Gasteiger partial charge in [-0.05, 0) is 24.6 Å². The summed E-state index contributed by atoms with van der Waals surface area (Å²) in [6.07, 6.45) is -0.122. The van der Waals surface area contributed by atoms with E-state index < -0.39 is 17.9 Å². The Morgan fingerprint density at radius 1 is 1.35 bits per heavy atom. The van der Waals surface area contributed by atoms with Crippen molar-refractivity contribution in [3.63, 3.8) is 0 Å². The van der Waals surface area contributed by atoms with Gasteiger partial charge in [0.2, 0.25) is 5.91 Å². The van der Waals surface area contributed by atoms with Crippen LogP contribution in [-0.2, 0) is 9.59 Å². The van der Waals surface area contributed by atoms with Gasteiger partial charge in [0.25, 0.3) is 5.91 Å². The second kappa shape index (κ2) is 7.25. The van der Waals surface area contributed by atoms with Crippen LogP contribution in [0.2, 0.25) is 0 Å². The van der Waals surface area contributed by atoms with E-state index in [2.05, 4.69) is 10.6 Å². The van der Waals surface area contributed by atoms with Gasteiger partial charge in [-0.25, -0.2) is 0 Å². The van der Waals surface area contributed by atoms with Gasteiger partial charge in [-0.15, -0.1) is 0 Å². The molecule has 0 aliphatic heterocycles. The lowest BCUT2D eigenvalue weighted by atomic mass is 10.1. The van der Waals surface area contributed by atoms with E-state index in [4.69, 9.17) is 10.8 Å². The number of benzene rings is 1. The van der Waals surface area contributed by atoms with Crippen molar-refractivity contribution in [1.82, 2.24) is 5.32 Å². The molecule has 0 bridgehead atoms. The van der Waals surface area contributed by atoms with Crippen LogP contribution in [-0.4, -0.2) is 36.0 Å². The first-order valence-corrected chi connectivity index (χ1v) is 6.04. The molecule has 0 saturated heterocycles. The maximum absolute atomic E-state index is 11.7. The Hall–Kier alpha value is -2.41. The molecule has 1 rings (SSSR count). The average Bonchev–Trinajstić information content (AvgIpc) is 2.43. The third-order valence-electron chi connectivity index (χ3n) is 2.63. The van der Waals surface area contributed by atoms with E-state index in [0.29, 0.717) is 11.3 Å². The molecule has 7 nitrogen and oxygen atoms in total. The Balaban J connectivity index is 2.66. The largest absolute Gasteiger partial charge is 0.481 e. The highest BCUT2D eigenvalue weighted by atomic mass is 16.4. The van der Waals surface area contributed by atoms with E-state index in [0.717, 1.165) is 0 Å². The highest BCUT2D eigenvalue weighted by Crippen LogP contribution is 2.11. The van der Waals surface area contributed by atoms with Crippen LogP contribution in [0.25, 0.3) is 0 Å². The number of carbonyl (C=O) groups excluding carboxylic acids is 2. The molecule has 1 aromatic rings. The zero-order chi connectivity index (χ0) is 15.1. The maximum Gasteiger partial charge on any atom is 0.303 e. The first kappa shape index (κ1) is 15.6. The number of hydrogen-bond acceptors (Lipinski definition) is 4. The predicted molar refractivity (Wildman–Crippen MR) is 73.3 cm³/mol. The van der Waals surface area contributed by atoms with Crippen molar-refractivity contribution in [2.24, 2.45) is 5.73 Å². The van der Waals surface area contributed by atoms with Gasteiger partial charge in [-0.1, -0.05) is 6.07 Å². The summed E-state index contributed by atoms with van der Waals surface area (Å²) in [6.45, 7) is 0. The molecule has 5 N–H and O–H groups in total. The minimum atomic E-state index is -1.00. The number of carboxylic acids is 1. The van der Waals surface area contributed by atoms with Crippen molar-refractivity contribution < 1.29 is 19.5 Å². The zero-order valence-corrected chi connectivity index (χ0v) is 11.1. The summed E-state index contributed by atoms with van der Waals surface area (Å²) < 4.78 is 0. The summed E-state index contributed by atoms with van der Waals surface area (Å²) in [5.74, 6) is -1.76. The number of amides is 2. The van der Waals surface area contributed by atoms with Crippen molar-refractivity contribution in [2.75, 3.05) is 12.4 Å². The summed E-state index contributed by atoms with van der Waals surface area (Å²) >= 11 is 0. The standard InChI is InChI=1S/C13H17N3O4/c1-15-12(19)8-3-2-4-9(7-8)16-13(20)10(14)5-6-11(17)18/h2-4,7,10H,5-6,14H2,1H3,(H,15,19)(H,16,20)(H,17,18). The third kappa shape index (κ3) is 4.69. The van der Waals surface area contributed by atoms with Gasteiger partial charge in [0.15, 0.2) is 0 Å². The molecule has 0 heterocycles. The number of carbonyl (C=O) groups is 3. The van der Waals surface area contributed by atoms with Crippen LogP contribution in [0, 0.1) is 0 Å². The fourth-order valence-electron chi connectivity index (χ4n) is 1.53. The van der Waals surface area contributed by atoms with Crippen LogP contribution in [0.15, 0.2) is 24.3 Å². The van der Waals surface area contributed by atoms with Crippen molar-refractivity contribution >= 4 is 23.5 Å². The average molecular weight is 279 g/mol. The molecule has 1 unspecified atom stereocenters. The molecule has 0 aliphatic carbocycles. The van der Waals surface area contributed by atoms with Gasteiger partial charge < -0.3 is 21.5 Å². The maximum atomic E-state index is 11.7. The Kier molecular flexibility index (Phi) is 5.67. The molecule has 0 saturated carbocycles. The van der Waals surface area contributed by atoms with Crippen molar-refractivity contribution in [3.05, 3.63) is 29.8 Å². The Bertz CT molecular complexity index is 516. The topological polar surface area (TPSA) is 122 Å². The van der Waals surface area contributed by atoms with Crippen LogP contribution in [0.1, 0.15) is 23.2 Å². The molecule has 0 fully saturated rings. The van der Waals surface area contributed by atoms with E-state index in [9.17, 15) is 14.4 Å². The number of nitrogens with one attached hydrogen (secondary N) is 2. The van der Waals surface area contributed by atoms with Gasteiger partial charge in [0.05, 0.1) is 6.04 Å². The van der Waals surface area contributed by atoms with Crippen molar-refractivity contribution in [3.8, 4) is 0 Å². The summed E-state index contributed by atoms with van der Waals surface area (Å²) in [6, 6.07) is 5.46. The van der Waals surface area contributed by atoms with Crippen LogP contribution >= 0.6 is 0 Å². The lowest BCUT2D eigenvalue weighted by molar-refractivity contribution is -0.137. The molecule has 1 atom stereocenters. The van der Waals surface area contributed by atoms with E-state index in [1.807, 2.05) is 0 Å². The normalized spacial score (nSPS) is 11.5. The highest BCUT2D eigenvalue weighted by molar-refractivity contribution is 5.98. The van der Waals surface area contributed by atoms with Crippen LogP contribution < -0.4 is 16.4 Å². The zero-order valence-electron chi connectivity index (χ0n) is 11.1. The molecule has 0 spiro atoms. The molecule has 1 aromatic carbocycles. The molecule has 20 heavy (non-hydrogen) atoms. The van der Waals surface area contributed by atoms with E-state index in [-0.39, 0.29) is 18.7 Å². The van der Waals surface area contributed by atoms with E-state index in [1.54, 1.807) is 18.2 Å². The van der Waals surface area contributed by atoms with Crippen molar-refractivity contribution in [1.29, 1.82) is 0 Å². The quantitative estimate of drug-likeness (QED) is 0.591. The third-order valence-corrected chi connectivity index (χ3v) is 2.63. The summed E-state index contributed by atoms with van der Waals surface area (Å²) in [4.78, 5) is 33.6. The van der Waals surface area contributed by atoms with E-state index >= 15 is 0 Å². The van der Waals surface area contributed by atoms with Crippen LogP contribution in [0.3, 0.4) is 0 Å². The fraction of sp³-hybridized carbons (Fsp3) is 0.308. The molecule has 2 amide bonds. The fourth-order valence-corrected chi connectivity index (χ4v) is 1.53. The van der Waals surface area contributed by atoms with Gasteiger partial charge >= 0.3 is 5.97 Å². The molecule has 108 valence electrons. The second-order valence-corrected chi connectivity index (χ2v) is 4.19. The number of aliphatic carboxylic acids is 1. The first-order chi connectivity index (χ1) is 9.43. The molecule has 0 aromatic heterocycles. The Morgan fingerprint density at radius 2 is 2.05 bits per heavy atom. The van der Waals surface area contributed by atoms with Crippen LogP contribution in [0.4, 0.5) is 5.69 Å². The minimum Gasteiger partial charge on any atom is -0.481 e. The van der Waals surface area contributed by atoms with Gasteiger partial charge in [0.1, 0.15) is 0 Å². The Labute approximate surface area is 116 Å². The highest BCUT2D eigenvalue weighted by Gasteiger charge is 2.15. The molecule has 0 radical (unpaired) electrons. The molecular formula is C13H17N3O4. The number of nitrogens with two attached hydrogens (primary N) is 1. The smallest absolute Gasteiger partial charge is 0.303 e. The minimum absolute atomic E-state index is 0.0519. The lowest BCUT2D eigenvalue weighted by Crippen LogP contribution is -2.36. The summed E-state index contributed by atoms with van der Waals surface area (Å²) in [5.41, 5.74) is 6.42. The van der Waals surface area contributed by atoms with Gasteiger partial charge in [-0.2, -0.15) is 0 Å². The first-order valence-electron chi connectivity index (χ1n) is 6.04. The number of hydrogen-bond donors (Lipinski definition) is 4. The van der Waals surface area contributed by atoms with Gasteiger partial charge in [-0.3, -0.25) is 14.4 Å². The predicted octanol–water partition coefficient (Wildman–Crippen LogP) is 0.177. The monoisotopic (exact) mass is 279 g/mol. The van der Waals surface area contributed by atoms with Crippen molar-refractivity contribution in [2.45, 2.75) is 18.9 Å².